The van der Waals surface area contributed by atoms with Crippen molar-refractivity contribution in [3.05, 3.63) is 48.0 Å². The molecule has 0 atom stereocenters. The number of aromatic nitrogens is 2. The largest absolute Gasteiger partial charge is 0.493 e. The second kappa shape index (κ2) is 5.93. The first-order valence-electron chi connectivity index (χ1n) is 6.68. The molecule has 0 aliphatic carbocycles. The van der Waals surface area contributed by atoms with Gasteiger partial charge in [-0.1, -0.05) is 12.1 Å². The molecule has 0 saturated carbocycles. The van der Waals surface area contributed by atoms with Gasteiger partial charge in [-0.15, -0.1) is 11.3 Å². The fourth-order valence-electron chi connectivity index (χ4n) is 2.08. The van der Waals surface area contributed by atoms with E-state index in [2.05, 4.69) is 9.97 Å². The van der Waals surface area contributed by atoms with Crippen LogP contribution in [0.5, 0.6) is 5.75 Å². The molecule has 5 heteroatoms. The summed E-state index contributed by atoms with van der Waals surface area (Å²) in [6.45, 7) is 2.60. The first kappa shape index (κ1) is 13.6. The first-order chi connectivity index (χ1) is 10.3. The second-order valence-corrected chi connectivity index (χ2v) is 5.26. The maximum absolute atomic E-state index is 5.91. The summed E-state index contributed by atoms with van der Waals surface area (Å²) in [4.78, 5) is 8.78. The predicted octanol–water partition coefficient (Wildman–Crippen LogP) is 3.85. The van der Waals surface area contributed by atoms with Gasteiger partial charge in [0.05, 0.1) is 17.9 Å². The zero-order valence-corrected chi connectivity index (χ0v) is 12.4. The number of hydrogen-bond donors (Lipinski definition) is 1. The number of nitrogens with two attached hydrogens (primary N) is 1. The number of benzene rings is 1. The summed E-state index contributed by atoms with van der Waals surface area (Å²) in [6.07, 6.45) is 1.68. The lowest BCUT2D eigenvalue weighted by molar-refractivity contribution is 0.341. The number of para-hydroxylation sites is 1. The van der Waals surface area contributed by atoms with E-state index in [1.165, 1.54) is 0 Å². The number of ether oxygens (including phenoxy) is 1. The van der Waals surface area contributed by atoms with Crippen LogP contribution in [-0.4, -0.2) is 16.6 Å². The van der Waals surface area contributed by atoms with Gasteiger partial charge < -0.3 is 10.5 Å². The van der Waals surface area contributed by atoms with Crippen LogP contribution in [0.15, 0.2) is 48.0 Å². The summed E-state index contributed by atoms with van der Waals surface area (Å²) in [5.74, 6) is 1.34. The highest BCUT2D eigenvalue weighted by Gasteiger charge is 2.12. The molecule has 4 nitrogen and oxygen atoms in total. The molecule has 0 aliphatic rings. The quantitative estimate of drug-likeness (QED) is 0.794. The minimum absolute atomic E-state index is 0.497. The van der Waals surface area contributed by atoms with Crippen LogP contribution >= 0.6 is 11.3 Å². The standard InChI is InChI=1S/C16H15N3OS/c1-2-20-14-8-4-3-6-11(14)13-10-21-16(19-13)12-7-5-9-18-15(12)17/h3-10H,2H2,1H3,(H2,17,18). The topological polar surface area (TPSA) is 61.0 Å². The molecule has 106 valence electrons. The van der Waals surface area contributed by atoms with Crippen molar-refractivity contribution in [1.29, 1.82) is 0 Å². The van der Waals surface area contributed by atoms with Gasteiger partial charge in [0, 0.05) is 17.1 Å². The molecule has 2 aromatic heterocycles. The molecule has 1 aromatic carbocycles. The number of thiazole rings is 1. The predicted molar refractivity (Wildman–Crippen MR) is 86.4 cm³/mol. The molecule has 3 aromatic rings. The van der Waals surface area contributed by atoms with Crippen LogP contribution in [0.4, 0.5) is 5.82 Å². The van der Waals surface area contributed by atoms with E-state index in [4.69, 9.17) is 10.5 Å². The van der Waals surface area contributed by atoms with Gasteiger partial charge in [0.1, 0.15) is 16.6 Å². The Hall–Kier alpha value is -2.40. The normalized spacial score (nSPS) is 10.5. The second-order valence-electron chi connectivity index (χ2n) is 4.40. The van der Waals surface area contributed by atoms with Crippen LogP contribution in [0.1, 0.15) is 6.92 Å². The Morgan fingerprint density at radius 1 is 1.14 bits per heavy atom. The number of pyridine rings is 1. The lowest BCUT2D eigenvalue weighted by atomic mass is 10.1. The van der Waals surface area contributed by atoms with E-state index in [0.29, 0.717) is 12.4 Å². The molecule has 3 rings (SSSR count). The third kappa shape index (κ3) is 2.73. The van der Waals surface area contributed by atoms with Crippen molar-refractivity contribution in [3.63, 3.8) is 0 Å². The van der Waals surface area contributed by atoms with Gasteiger partial charge in [0.25, 0.3) is 0 Å². The number of nitrogen functional groups attached to an aromatic ring is 1. The molecular weight excluding hydrogens is 282 g/mol. The van der Waals surface area contributed by atoms with E-state index < -0.39 is 0 Å². The van der Waals surface area contributed by atoms with Crippen molar-refractivity contribution in [2.24, 2.45) is 0 Å². The molecule has 21 heavy (non-hydrogen) atoms. The van der Waals surface area contributed by atoms with E-state index in [0.717, 1.165) is 27.6 Å². The van der Waals surface area contributed by atoms with Crippen LogP contribution in [0.25, 0.3) is 21.8 Å². The molecule has 0 fully saturated rings. The third-order valence-corrected chi connectivity index (χ3v) is 3.91. The van der Waals surface area contributed by atoms with E-state index in [1.807, 2.05) is 48.7 Å². The highest BCUT2D eigenvalue weighted by molar-refractivity contribution is 7.13. The van der Waals surface area contributed by atoms with Crippen LogP contribution < -0.4 is 10.5 Å². The minimum atomic E-state index is 0.497. The summed E-state index contributed by atoms with van der Waals surface area (Å²) in [5.41, 5.74) is 8.65. The maximum Gasteiger partial charge on any atom is 0.133 e. The Bertz CT molecular complexity index is 755. The van der Waals surface area contributed by atoms with Crippen molar-refractivity contribution in [1.82, 2.24) is 9.97 Å². The van der Waals surface area contributed by atoms with Gasteiger partial charge in [-0.2, -0.15) is 0 Å². The summed E-state index contributed by atoms with van der Waals surface area (Å²) in [6, 6.07) is 11.7. The van der Waals surface area contributed by atoms with Crippen LogP contribution in [0.3, 0.4) is 0 Å². The van der Waals surface area contributed by atoms with Crippen LogP contribution in [0.2, 0.25) is 0 Å². The average molecular weight is 297 g/mol. The number of rotatable bonds is 4. The van der Waals surface area contributed by atoms with E-state index in [1.54, 1.807) is 17.5 Å². The Labute approximate surface area is 127 Å². The first-order valence-corrected chi connectivity index (χ1v) is 7.56. The zero-order valence-electron chi connectivity index (χ0n) is 11.6. The molecule has 0 amide bonds. The van der Waals surface area contributed by atoms with E-state index >= 15 is 0 Å². The molecular formula is C16H15N3OS. The SMILES string of the molecule is CCOc1ccccc1-c1csc(-c2cccnc2N)n1. The third-order valence-electron chi connectivity index (χ3n) is 3.04. The lowest BCUT2D eigenvalue weighted by Gasteiger charge is -2.07. The molecule has 0 spiro atoms. The summed E-state index contributed by atoms with van der Waals surface area (Å²) in [5, 5.41) is 2.88. The number of hydrogen-bond acceptors (Lipinski definition) is 5. The Morgan fingerprint density at radius 3 is 2.76 bits per heavy atom. The van der Waals surface area contributed by atoms with Crippen molar-refractivity contribution in [2.75, 3.05) is 12.3 Å². The highest BCUT2D eigenvalue weighted by Crippen LogP contribution is 2.34. The molecule has 0 bridgehead atoms. The average Bonchev–Trinajstić information content (AvgIpc) is 2.98. The molecule has 2 N–H and O–H groups in total. The lowest BCUT2D eigenvalue weighted by Crippen LogP contribution is -1.94. The monoisotopic (exact) mass is 297 g/mol. The van der Waals surface area contributed by atoms with E-state index in [9.17, 15) is 0 Å². The fourth-order valence-corrected chi connectivity index (χ4v) is 2.93. The Morgan fingerprint density at radius 2 is 1.95 bits per heavy atom. The van der Waals surface area contributed by atoms with Crippen LogP contribution in [-0.2, 0) is 0 Å². The van der Waals surface area contributed by atoms with Gasteiger partial charge >= 0.3 is 0 Å². The van der Waals surface area contributed by atoms with E-state index in [-0.39, 0.29) is 0 Å². The molecule has 0 saturated heterocycles. The minimum Gasteiger partial charge on any atom is -0.493 e. The van der Waals surface area contributed by atoms with Crippen LogP contribution in [0, 0.1) is 0 Å². The van der Waals surface area contributed by atoms with Crippen molar-refractivity contribution < 1.29 is 4.74 Å². The smallest absolute Gasteiger partial charge is 0.133 e. The van der Waals surface area contributed by atoms with Crippen molar-refractivity contribution >= 4 is 17.2 Å². The highest BCUT2D eigenvalue weighted by atomic mass is 32.1. The molecule has 0 unspecified atom stereocenters. The number of nitrogens with zero attached hydrogens (tertiary/aromatic N) is 2. The molecule has 0 aliphatic heterocycles. The number of anilines is 1. The Kier molecular flexibility index (Phi) is 3.83. The maximum atomic E-state index is 5.91. The van der Waals surface area contributed by atoms with Gasteiger partial charge in [0.2, 0.25) is 0 Å². The van der Waals surface area contributed by atoms with Gasteiger partial charge in [-0.3, -0.25) is 0 Å². The van der Waals surface area contributed by atoms with Gasteiger partial charge in [-0.05, 0) is 31.2 Å². The van der Waals surface area contributed by atoms with Gasteiger partial charge in [0.15, 0.2) is 0 Å². The van der Waals surface area contributed by atoms with Crippen molar-refractivity contribution in [2.45, 2.75) is 6.92 Å². The van der Waals surface area contributed by atoms with Crippen molar-refractivity contribution in [3.8, 4) is 27.6 Å². The zero-order chi connectivity index (χ0) is 14.7. The Balaban J connectivity index is 2.01. The molecule has 2 heterocycles. The summed E-state index contributed by atoms with van der Waals surface area (Å²) in [7, 11) is 0. The van der Waals surface area contributed by atoms with Gasteiger partial charge in [-0.25, -0.2) is 9.97 Å². The molecule has 0 radical (unpaired) electrons. The summed E-state index contributed by atoms with van der Waals surface area (Å²) < 4.78 is 5.66. The summed E-state index contributed by atoms with van der Waals surface area (Å²) >= 11 is 1.55. The fraction of sp³-hybridized carbons (Fsp3) is 0.125.